The molecule has 0 aliphatic rings. The van der Waals surface area contributed by atoms with E-state index in [9.17, 15) is 4.79 Å². The number of ether oxygens (including phenoxy) is 1. The Morgan fingerprint density at radius 2 is 1.83 bits per heavy atom. The van der Waals surface area contributed by atoms with Crippen molar-refractivity contribution in [1.29, 1.82) is 0 Å². The number of aliphatic imine (C=N–C) groups is 1. The van der Waals surface area contributed by atoms with E-state index in [0.717, 1.165) is 18.0 Å². The number of nitrogens with zero attached hydrogens (tertiary/aromatic N) is 1. The number of esters is 1. The van der Waals surface area contributed by atoms with Crippen LogP contribution in [0.4, 0.5) is 0 Å². The summed E-state index contributed by atoms with van der Waals surface area (Å²) in [4.78, 5) is 15.5. The van der Waals surface area contributed by atoms with Crippen LogP contribution in [0, 0.1) is 0 Å². The number of carbonyl (C=O) groups is 1. The number of hydrogen-bond donors (Lipinski definition) is 2. The van der Waals surface area contributed by atoms with E-state index in [1.807, 2.05) is 38.1 Å². The van der Waals surface area contributed by atoms with Gasteiger partial charge in [-0.25, -0.2) is 0 Å². The van der Waals surface area contributed by atoms with Crippen molar-refractivity contribution in [2.24, 2.45) is 4.99 Å². The number of guanidine groups is 1. The van der Waals surface area contributed by atoms with Gasteiger partial charge in [0.1, 0.15) is 0 Å². The first-order valence-electron chi connectivity index (χ1n) is 7.39. The minimum absolute atomic E-state index is 0. The summed E-state index contributed by atoms with van der Waals surface area (Å²) >= 11 is 5.85. The second-order valence-corrected chi connectivity index (χ2v) is 5.53. The van der Waals surface area contributed by atoms with Crippen LogP contribution in [0.3, 0.4) is 0 Å². The predicted octanol–water partition coefficient (Wildman–Crippen LogP) is 3.01. The summed E-state index contributed by atoms with van der Waals surface area (Å²) < 4.78 is 5.06. The molecule has 0 amide bonds. The molecule has 0 fully saturated rings. The Hall–Kier alpha value is -1.02. The molecule has 0 spiro atoms. The lowest BCUT2D eigenvalue weighted by Crippen LogP contribution is -2.39. The predicted molar refractivity (Wildman–Crippen MR) is 106 cm³/mol. The van der Waals surface area contributed by atoms with Crippen LogP contribution in [-0.4, -0.2) is 38.2 Å². The quantitative estimate of drug-likeness (QED) is 0.288. The molecule has 23 heavy (non-hydrogen) atoms. The summed E-state index contributed by atoms with van der Waals surface area (Å²) in [7, 11) is 1.70. The molecule has 2 N–H and O–H groups in total. The molecule has 0 aromatic heterocycles. The Kier molecular flexibility index (Phi) is 11.9. The van der Waals surface area contributed by atoms with Gasteiger partial charge in [-0.3, -0.25) is 9.79 Å². The molecule has 130 valence electrons. The number of hydrogen-bond acceptors (Lipinski definition) is 3. The lowest BCUT2D eigenvalue weighted by atomic mass is 10.1. The van der Waals surface area contributed by atoms with Gasteiger partial charge in [0, 0.05) is 25.2 Å². The van der Waals surface area contributed by atoms with Crippen LogP contribution in [0.15, 0.2) is 29.3 Å². The Balaban J connectivity index is 0.00000484. The van der Waals surface area contributed by atoms with Gasteiger partial charge in [0.2, 0.25) is 0 Å². The average molecular weight is 454 g/mol. The number of halogens is 2. The molecule has 0 heterocycles. The highest BCUT2D eigenvalue weighted by Gasteiger charge is 2.05. The molecule has 0 radical (unpaired) electrons. The van der Waals surface area contributed by atoms with E-state index in [4.69, 9.17) is 16.3 Å². The van der Waals surface area contributed by atoms with E-state index >= 15 is 0 Å². The van der Waals surface area contributed by atoms with E-state index in [0.29, 0.717) is 18.9 Å². The van der Waals surface area contributed by atoms with Crippen LogP contribution < -0.4 is 10.6 Å². The first kappa shape index (κ1) is 22.0. The molecular formula is C16H25ClIN3O2. The molecule has 0 saturated carbocycles. The summed E-state index contributed by atoms with van der Waals surface area (Å²) in [6.45, 7) is 4.91. The second-order valence-electron chi connectivity index (χ2n) is 5.09. The highest BCUT2D eigenvalue weighted by atomic mass is 127. The van der Waals surface area contributed by atoms with Crippen LogP contribution in [0.1, 0.15) is 25.8 Å². The van der Waals surface area contributed by atoms with Crippen molar-refractivity contribution >= 4 is 47.5 Å². The zero-order valence-corrected chi connectivity index (χ0v) is 16.9. The number of nitrogens with one attached hydrogen (secondary N) is 2. The highest BCUT2D eigenvalue weighted by Crippen LogP contribution is 2.09. The molecule has 0 bridgehead atoms. The van der Waals surface area contributed by atoms with Crippen LogP contribution in [0.5, 0.6) is 0 Å². The molecule has 7 heteroatoms. The minimum atomic E-state index is -0.209. The first-order valence-corrected chi connectivity index (χ1v) is 7.77. The van der Waals surface area contributed by atoms with Gasteiger partial charge in [-0.15, -0.1) is 24.0 Å². The summed E-state index contributed by atoms with van der Waals surface area (Å²) in [5, 5.41) is 7.03. The third-order valence-corrected chi connectivity index (χ3v) is 3.08. The van der Waals surface area contributed by atoms with Crippen molar-refractivity contribution in [3.8, 4) is 0 Å². The van der Waals surface area contributed by atoms with Gasteiger partial charge in [0.15, 0.2) is 5.96 Å². The fraction of sp³-hybridized carbons (Fsp3) is 0.500. The Morgan fingerprint density at radius 1 is 1.22 bits per heavy atom. The fourth-order valence-electron chi connectivity index (χ4n) is 1.80. The first-order chi connectivity index (χ1) is 10.5. The smallest absolute Gasteiger partial charge is 0.307 e. The van der Waals surface area contributed by atoms with Gasteiger partial charge in [-0.1, -0.05) is 23.7 Å². The Morgan fingerprint density at radius 3 is 2.39 bits per heavy atom. The topological polar surface area (TPSA) is 62.7 Å². The molecule has 0 unspecified atom stereocenters. The summed E-state index contributed by atoms with van der Waals surface area (Å²) in [6.07, 6.45) is 1.10. The van der Waals surface area contributed by atoms with Crippen LogP contribution in [-0.2, 0) is 16.0 Å². The van der Waals surface area contributed by atoms with E-state index in [1.165, 1.54) is 5.56 Å². The van der Waals surface area contributed by atoms with Crippen molar-refractivity contribution in [3.63, 3.8) is 0 Å². The standard InChI is InChI=1S/C16H24ClN3O2.HI/c1-12(2)22-15(21)9-11-20-16(18-3)19-10-8-13-4-6-14(17)7-5-13;/h4-7,12H,8-11H2,1-3H3,(H2,18,19,20);1H. The zero-order chi connectivity index (χ0) is 16.4. The normalized spacial score (nSPS) is 10.9. The minimum Gasteiger partial charge on any atom is -0.463 e. The van der Waals surface area contributed by atoms with E-state index in [2.05, 4.69) is 15.6 Å². The molecule has 1 aromatic carbocycles. The second kappa shape index (κ2) is 12.4. The van der Waals surface area contributed by atoms with Crippen molar-refractivity contribution in [2.45, 2.75) is 32.8 Å². The van der Waals surface area contributed by atoms with Crippen molar-refractivity contribution in [3.05, 3.63) is 34.9 Å². The van der Waals surface area contributed by atoms with Gasteiger partial charge in [-0.05, 0) is 38.0 Å². The average Bonchev–Trinajstić information content (AvgIpc) is 2.47. The van der Waals surface area contributed by atoms with Gasteiger partial charge in [-0.2, -0.15) is 0 Å². The van der Waals surface area contributed by atoms with Gasteiger partial charge < -0.3 is 15.4 Å². The third-order valence-electron chi connectivity index (χ3n) is 2.83. The third kappa shape index (κ3) is 10.4. The maximum Gasteiger partial charge on any atom is 0.307 e. The SMILES string of the molecule is CN=C(NCCC(=O)OC(C)C)NCCc1ccc(Cl)cc1.I. The van der Waals surface area contributed by atoms with Gasteiger partial charge in [0.05, 0.1) is 12.5 Å². The zero-order valence-electron chi connectivity index (χ0n) is 13.8. The maximum atomic E-state index is 11.4. The molecule has 5 nitrogen and oxygen atoms in total. The lowest BCUT2D eigenvalue weighted by Gasteiger charge is -2.12. The molecule has 0 aliphatic carbocycles. The molecular weight excluding hydrogens is 429 g/mol. The van der Waals surface area contributed by atoms with E-state index in [1.54, 1.807) is 7.05 Å². The van der Waals surface area contributed by atoms with E-state index < -0.39 is 0 Å². The Bertz CT molecular complexity index is 493. The Labute approximate surface area is 160 Å². The molecule has 1 rings (SSSR count). The largest absolute Gasteiger partial charge is 0.463 e. The molecule has 0 aliphatic heterocycles. The van der Waals surface area contributed by atoms with Gasteiger partial charge in [0.25, 0.3) is 0 Å². The van der Waals surface area contributed by atoms with Crippen LogP contribution >= 0.6 is 35.6 Å². The van der Waals surface area contributed by atoms with Crippen molar-refractivity contribution in [1.82, 2.24) is 10.6 Å². The maximum absolute atomic E-state index is 11.4. The fourth-order valence-corrected chi connectivity index (χ4v) is 1.93. The van der Waals surface area contributed by atoms with Gasteiger partial charge >= 0.3 is 5.97 Å². The van der Waals surface area contributed by atoms with Crippen molar-refractivity contribution < 1.29 is 9.53 Å². The summed E-state index contributed by atoms with van der Waals surface area (Å²) in [5.41, 5.74) is 1.20. The monoisotopic (exact) mass is 453 g/mol. The van der Waals surface area contributed by atoms with Crippen LogP contribution in [0.25, 0.3) is 0 Å². The molecule has 0 atom stereocenters. The number of rotatable bonds is 7. The highest BCUT2D eigenvalue weighted by molar-refractivity contribution is 14.0. The van der Waals surface area contributed by atoms with E-state index in [-0.39, 0.29) is 36.0 Å². The van der Waals surface area contributed by atoms with Crippen LogP contribution in [0.2, 0.25) is 5.02 Å². The molecule has 0 saturated heterocycles. The number of carbonyl (C=O) groups excluding carboxylic acids is 1. The summed E-state index contributed by atoms with van der Waals surface area (Å²) in [5.74, 6) is 0.463. The lowest BCUT2D eigenvalue weighted by molar-refractivity contribution is -0.147. The summed E-state index contributed by atoms with van der Waals surface area (Å²) in [6, 6.07) is 7.76. The van der Waals surface area contributed by atoms with Crippen molar-refractivity contribution in [2.75, 3.05) is 20.1 Å². The number of benzene rings is 1. The molecule has 1 aromatic rings.